The molecular weight excluding hydrogens is 238 g/mol. The van der Waals surface area contributed by atoms with Crippen LogP contribution in [0.1, 0.15) is 46.6 Å². The van der Waals surface area contributed by atoms with Crippen LogP contribution in [0, 0.1) is 0 Å². The second-order valence-corrected chi connectivity index (χ2v) is 6.39. The summed E-state index contributed by atoms with van der Waals surface area (Å²) in [6, 6.07) is 8.00. The van der Waals surface area contributed by atoms with Crippen molar-refractivity contribution in [3.63, 3.8) is 0 Å². The third kappa shape index (κ3) is 6.60. The van der Waals surface area contributed by atoms with Crippen LogP contribution in [-0.2, 0) is 6.54 Å². The van der Waals surface area contributed by atoms with Gasteiger partial charge in [-0.15, -0.1) is 0 Å². The van der Waals surface area contributed by atoms with E-state index in [0.29, 0.717) is 13.0 Å². The van der Waals surface area contributed by atoms with Crippen LogP contribution in [0.2, 0.25) is 0 Å². The number of aliphatic hydroxyl groups is 1. The zero-order chi connectivity index (χ0) is 14.5. The van der Waals surface area contributed by atoms with Crippen molar-refractivity contribution >= 4 is 0 Å². The lowest BCUT2D eigenvalue weighted by Crippen LogP contribution is -2.35. The lowest BCUT2D eigenvalue weighted by atomic mass is 10.1. The molecule has 0 saturated carbocycles. The van der Waals surface area contributed by atoms with Gasteiger partial charge in [0, 0.05) is 12.1 Å². The maximum absolute atomic E-state index is 9.88. The summed E-state index contributed by atoms with van der Waals surface area (Å²) in [5, 5.41) is 13.3. The van der Waals surface area contributed by atoms with Gasteiger partial charge < -0.3 is 15.2 Å². The molecule has 0 heterocycles. The quantitative estimate of drug-likeness (QED) is 0.830. The van der Waals surface area contributed by atoms with Crippen molar-refractivity contribution in [2.45, 2.75) is 58.7 Å². The van der Waals surface area contributed by atoms with E-state index in [4.69, 9.17) is 4.74 Å². The minimum atomic E-state index is -0.757. The lowest BCUT2D eigenvalue weighted by Gasteiger charge is -2.22. The van der Waals surface area contributed by atoms with Crippen LogP contribution in [0.5, 0.6) is 5.75 Å². The number of ether oxygens (including phenoxy) is 1. The Labute approximate surface area is 117 Å². The minimum Gasteiger partial charge on any atom is -0.491 e. The predicted molar refractivity (Wildman–Crippen MR) is 79.4 cm³/mol. The van der Waals surface area contributed by atoms with Gasteiger partial charge in [0.15, 0.2) is 0 Å². The third-order valence-electron chi connectivity index (χ3n) is 3.06. The van der Waals surface area contributed by atoms with Crippen LogP contribution < -0.4 is 10.1 Å². The standard InChI is InChI=1S/C16H27NO2/c1-6-16(5,18)12-19-14-9-7-13(8-10-14)11-17-15(2,3)4/h7-10,17-18H,6,11-12H2,1-5H3. The molecule has 0 aliphatic rings. The Kier molecular flexibility index (Phi) is 5.39. The second-order valence-electron chi connectivity index (χ2n) is 6.39. The van der Waals surface area contributed by atoms with E-state index in [2.05, 4.69) is 38.2 Å². The third-order valence-corrected chi connectivity index (χ3v) is 3.06. The fraction of sp³-hybridized carbons (Fsp3) is 0.625. The van der Waals surface area contributed by atoms with E-state index in [9.17, 15) is 5.11 Å². The van der Waals surface area contributed by atoms with Gasteiger partial charge in [-0.2, -0.15) is 0 Å². The lowest BCUT2D eigenvalue weighted by molar-refractivity contribution is 0.00846. The fourth-order valence-corrected chi connectivity index (χ4v) is 1.41. The molecule has 0 saturated heterocycles. The van der Waals surface area contributed by atoms with E-state index in [1.165, 1.54) is 5.56 Å². The van der Waals surface area contributed by atoms with Crippen molar-refractivity contribution in [3.8, 4) is 5.75 Å². The van der Waals surface area contributed by atoms with Crippen LogP contribution in [0.15, 0.2) is 24.3 Å². The molecule has 0 aliphatic carbocycles. The van der Waals surface area contributed by atoms with Gasteiger partial charge in [-0.25, -0.2) is 0 Å². The zero-order valence-electron chi connectivity index (χ0n) is 12.8. The molecule has 0 bridgehead atoms. The van der Waals surface area contributed by atoms with Crippen molar-refractivity contribution in [3.05, 3.63) is 29.8 Å². The van der Waals surface area contributed by atoms with Crippen LogP contribution in [0.4, 0.5) is 0 Å². The van der Waals surface area contributed by atoms with E-state index in [1.54, 1.807) is 6.92 Å². The van der Waals surface area contributed by atoms with Gasteiger partial charge >= 0.3 is 0 Å². The largest absolute Gasteiger partial charge is 0.491 e. The fourth-order valence-electron chi connectivity index (χ4n) is 1.41. The normalized spacial score (nSPS) is 15.1. The predicted octanol–water partition coefficient (Wildman–Crippen LogP) is 3.11. The summed E-state index contributed by atoms with van der Waals surface area (Å²) < 4.78 is 5.59. The van der Waals surface area contributed by atoms with Crippen molar-refractivity contribution < 1.29 is 9.84 Å². The highest BCUT2D eigenvalue weighted by Gasteiger charge is 2.18. The molecule has 0 fully saturated rings. The molecule has 0 radical (unpaired) electrons. The Morgan fingerprint density at radius 2 is 1.68 bits per heavy atom. The van der Waals surface area contributed by atoms with Gasteiger partial charge in [0.25, 0.3) is 0 Å². The second kappa shape index (κ2) is 6.40. The highest BCUT2D eigenvalue weighted by Crippen LogP contribution is 2.16. The van der Waals surface area contributed by atoms with Crippen LogP contribution >= 0.6 is 0 Å². The maximum Gasteiger partial charge on any atom is 0.119 e. The monoisotopic (exact) mass is 265 g/mol. The number of rotatable bonds is 6. The average molecular weight is 265 g/mol. The van der Waals surface area contributed by atoms with Crippen LogP contribution in [-0.4, -0.2) is 22.9 Å². The van der Waals surface area contributed by atoms with E-state index >= 15 is 0 Å². The first-order chi connectivity index (χ1) is 8.72. The first kappa shape index (κ1) is 16.0. The highest BCUT2D eigenvalue weighted by molar-refractivity contribution is 5.27. The summed E-state index contributed by atoms with van der Waals surface area (Å²) in [4.78, 5) is 0. The Morgan fingerprint density at radius 1 is 1.11 bits per heavy atom. The minimum absolute atomic E-state index is 0.120. The highest BCUT2D eigenvalue weighted by atomic mass is 16.5. The molecule has 1 atom stereocenters. The molecule has 0 aliphatic heterocycles. The first-order valence-electron chi connectivity index (χ1n) is 6.91. The molecule has 3 heteroatoms. The van der Waals surface area contributed by atoms with Crippen LogP contribution in [0.25, 0.3) is 0 Å². The van der Waals surface area contributed by atoms with Crippen molar-refractivity contribution in [1.29, 1.82) is 0 Å². The molecule has 1 aromatic carbocycles. The smallest absolute Gasteiger partial charge is 0.119 e. The van der Waals surface area contributed by atoms with E-state index in [-0.39, 0.29) is 5.54 Å². The summed E-state index contributed by atoms with van der Waals surface area (Å²) in [5.41, 5.74) is 0.589. The molecular formula is C16H27NO2. The number of benzene rings is 1. The van der Waals surface area contributed by atoms with Gasteiger partial charge in [-0.05, 0) is 51.8 Å². The van der Waals surface area contributed by atoms with Gasteiger partial charge in [0.1, 0.15) is 12.4 Å². The molecule has 3 nitrogen and oxygen atoms in total. The van der Waals surface area contributed by atoms with Gasteiger partial charge in [-0.3, -0.25) is 0 Å². The summed E-state index contributed by atoms with van der Waals surface area (Å²) in [5.74, 6) is 0.799. The number of hydrogen-bond donors (Lipinski definition) is 2. The Morgan fingerprint density at radius 3 is 2.16 bits per heavy atom. The summed E-state index contributed by atoms with van der Waals surface area (Å²) in [6.45, 7) is 11.4. The summed E-state index contributed by atoms with van der Waals surface area (Å²) in [7, 11) is 0. The first-order valence-corrected chi connectivity index (χ1v) is 6.91. The topological polar surface area (TPSA) is 41.5 Å². The van der Waals surface area contributed by atoms with Gasteiger partial charge in [-0.1, -0.05) is 19.1 Å². The van der Waals surface area contributed by atoms with Gasteiger partial charge in [0.05, 0.1) is 5.60 Å². The Balaban J connectivity index is 2.48. The van der Waals surface area contributed by atoms with E-state index < -0.39 is 5.60 Å². The maximum atomic E-state index is 9.88. The Bertz CT molecular complexity index is 377. The van der Waals surface area contributed by atoms with Crippen molar-refractivity contribution in [1.82, 2.24) is 5.32 Å². The molecule has 1 rings (SSSR count). The molecule has 0 spiro atoms. The Hall–Kier alpha value is -1.06. The summed E-state index contributed by atoms with van der Waals surface area (Å²) in [6.07, 6.45) is 0.681. The molecule has 1 aromatic rings. The average Bonchev–Trinajstić information content (AvgIpc) is 2.34. The van der Waals surface area contributed by atoms with Crippen LogP contribution in [0.3, 0.4) is 0 Å². The zero-order valence-corrected chi connectivity index (χ0v) is 12.8. The van der Waals surface area contributed by atoms with E-state index in [0.717, 1.165) is 12.3 Å². The molecule has 19 heavy (non-hydrogen) atoms. The van der Waals surface area contributed by atoms with Crippen molar-refractivity contribution in [2.24, 2.45) is 0 Å². The molecule has 2 N–H and O–H groups in total. The molecule has 0 amide bonds. The van der Waals surface area contributed by atoms with E-state index in [1.807, 2.05) is 19.1 Å². The summed E-state index contributed by atoms with van der Waals surface area (Å²) >= 11 is 0. The SMILES string of the molecule is CCC(C)(O)COc1ccc(CNC(C)(C)C)cc1. The molecule has 108 valence electrons. The van der Waals surface area contributed by atoms with Gasteiger partial charge in [0.2, 0.25) is 0 Å². The number of hydrogen-bond acceptors (Lipinski definition) is 3. The molecule has 1 unspecified atom stereocenters. The van der Waals surface area contributed by atoms with Crippen molar-refractivity contribution in [2.75, 3.05) is 6.61 Å². The molecule has 0 aromatic heterocycles. The number of nitrogens with one attached hydrogen (secondary N) is 1.